The Bertz CT molecular complexity index is 362. The lowest BCUT2D eigenvalue weighted by Crippen LogP contribution is -2.41. The lowest BCUT2D eigenvalue weighted by Gasteiger charge is -2.31. The van der Waals surface area contributed by atoms with Gasteiger partial charge < -0.3 is 5.32 Å². The van der Waals surface area contributed by atoms with E-state index in [4.69, 9.17) is 5.26 Å². The zero-order valence-electron chi connectivity index (χ0n) is 11.0. The van der Waals surface area contributed by atoms with E-state index in [1.165, 1.54) is 5.56 Å². The summed E-state index contributed by atoms with van der Waals surface area (Å²) in [6.07, 6.45) is 2.77. The fourth-order valence-corrected chi connectivity index (χ4v) is 2.20. The van der Waals surface area contributed by atoms with Crippen LogP contribution in [0.3, 0.4) is 0 Å². The highest BCUT2D eigenvalue weighted by atomic mass is 15.0. The number of hydrogen-bond donors (Lipinski definition) is 1. The van der Waals surface area contributed by atoms with Crippen LogP contribution in [-0.2, 0) is 0 Å². The molecule has 1 aromatic carbocycles. The fraction of sp³-hybridized carbons (Fsp3) is 0.533. The van der Waals surface area contributed by atoms with E-state index in [0.717, 1.165) is 12.8 Å². The molecule has 0 aliphatic carbocycles. The first-order chi connectivity index (χ1) is 8.09. The summed E-state index contributed by atoms with van der Waals surface area (Å²) < 4.78 is 0. The predicted octanol–water partition coefficient (Wildman–Crippen LogP) is 3.81. The van der Waals surface area contributed by atoms with Crippen molar-refractivity contribution in [2.75, 3.05) is 0 Å². The maximum absolute atomic E-state index is 8.93. The number of hydrogen-bond acceptors (Lipinski definition) is 2. The lowest BCUT2D eigenvalue weighted by atomic mass is 9.94. The average molecular weight is 230 g/mol. The minimum Gasteiger partial charge on any atom is -0.304 e. The van der Waals surface area contributed by atoms with Gasteiger partial charge in [0.05, 0.1) is 12.5 Å². The molecule has 0 aliphatic heterocycles. The van der Waals surface area contributed by atoms with Crippen molar-refractivity contribution in [1.29, 1.82) is 5.26 Å². The van der Waals surface area contributed by atoms with Gasteiger partial charge in [-0.3, -0.25) is 0 Å². The summed E-state index contributed by atoms with van der Waals surface area (Å²) in [7, 11) is 0. The molecule has 1 atom stereocenters. The van der Waals surface area contributed by atoms with Gasteiger partial charge in [-0.1, -0.05) is 43.7 Å². The van der Waals surface area contributed by atoms with Gasteiger partial charge in [-0.25, -0.2) is 0 Å². The minimum absolute atomic E-state index is 0.0755. The zero-order chi connectivity index (χ0) is 12.7. The molecule has 0 aliphatic rings. The first kappa shape index (κ1) is 13.7. The molecule has 0 bridgehead atoms. The number of nitriles is 1. The Hall–Kier alpha value is -1.33. The molecule has 92 valence electrons. The van der Waals surface area contributed by atoms with E-state index in [1.807, 2.05) is 18.2 Å². The Kier molecular flexibility index (Phi) is 5.18. The molecule has 0 aromatic heterocycles. The summed E-state index contributed by atoms with van der Waals surface area (Å²) >= 11 is 0. The summed E-state index contributed by atoms with van der Waals surface area (Å²) in [6, 6.07) is 12.6. The van der Waals surface area contributed by atoms with E-state index in [0.29, 0.717) is 6.42 Å². The lowest BCUT2D eigenvalue weighted by molar-refractivity contribution is 0.315. The quantitative estimate of drug-likeness (QED) is 0.806. The highest BCUT2D eigenvalue weighted by molar-refractivity contribution is 5.20. The van der Waals surface area contributed by atoms with Gasteiger partial charge in [0.25, 0.3) is 0 Å². The molecule has 1 N–H and O–H groups in total. The molecule has 0 heterocycles. The van der Waals surface area contributed by atoms with Gasteiger partial charge in [0, 0.05) is 11.6 Å². The second-order valence-corrected chi connectivity index (χ2v) is 5.10. The van der Waals surface area contributed by atoms with Crippen molar-refractivity contribution in [3.05, 3.63) is 35.9 Å². The zero-order valence-corrected chi connectivity index (χ0v) is 11.0. The number of nitrogens with one attached hydrogen (secondary N) is 1. The Balaban J connectivity index is 2.78. The van der Waals surface area contributed by atoms with Crippen molar-refractivity contribution in [2.24, 2.45) is 0 Å². The van der Waals surface area contributed by atoms with E-state index in [2.05, 4.69) is 44.3 Å². The minimum atomic E-state index is 0.0755. The molecule has 0 saturated heterocycles. The second-order valence-electron chi connectivity index (χ2n) is 5.10. The van der Waals surface area contributed by atoms with Crippen molar-refractivity contribution in [2.45, 2.75) is 51.6 Å². The van der Waals surface area contributed by atoms with E-state index in [-0.39, 0.29) is 11.6 Å². The van der Waals surface area contributed by atoms with Crippen LogP contribution in [0.2, 0.25) is 0 Å². The van der Waals surface area contributed by atoms with Crippen LogP contribution < -0.4 is 5.32 Å². The summed E-state index contributed by atoms with van der Waals surface area (Å²) in [6.45, 7) is 6.58. The molecule has 0 radical (unpaired) electrons. The monoisotopic (exact) mass is 230 g/mol. The molecule has 0 amide bonds. The van der Waals surface area contributed by atoms with Crippen LogP contribution in [0.4, 0.5) is 0 Å². The van der Waals surface area contributed by atoms with Crippen molar-refractivity contribution in [1.82, 2.24) is 5.32 Å². The van der Waals surface area contributed by atoms with Gasteiger partial charge >= 0.3 is 0 Å². The van der Waals surface area contributed by atoms with E-state index < -0.39 is 0 Å². The molecule has 0 saturated carbocycles. The van der Waals surface area contributed by atoms with Crippen molar-refractivity contribution in [3.63, 3.8) is 0 Å². The Morgan fingerprint density at radius 3 is 2.47 bits per heavy atom. The highest BCUT2D eigenvalue weighted by Crippen LogP contribution is 2.22. The Morgan fingerprint density at radius 1 is 1.29 bits per heavy atom. The average Bonchev–Trinajstić information content (AvgIpc) is 2.29. The Labute approximate surface area is 105 Å². The standard InChI is InChI=1S/C15H22N2/c1-4-11-15(2,3)17-14(10-12-16)13-8-6-5-7-9-13/h5-9,14,17H,4,10-11H2,1-3H3. The van der Waals surface area contributed by atoms with Crippen molar-refractivity contribution in [3.8, 4) is 6.07 Å². The molecule has 1 unspecified atom stereocenters. The molecule has 0 fully saturated rings. The second kappa shape index (κ2) is 6.42. The van der Waals surface area contributed by atoms with E-state index in [9.17, 15) is 0 Å². The maximum atomic E-state index is 8.93. The SMILES string of the molecule is CCCC(C)(C)NC(CC#N)c1ccccc1. The molecule has 2 nitrogen and oxygen atoms in total. The number of nitrogens with zero attached hydrogens (tertiary/aromatic N) is 1. The van der Waals surface area contributed by atoms with Crippen molar-refractivity contribution >= 4 is 0 Å². The fourth-order valence-electron chi connectivity index (χ4n) is 2.20. The third kappa shape index (κ3) is 4.58. The molecule has 2 heteroatoms. The number of benzene rings is 1. The highest BCUT2D eigenvalue weighted by Gasteiger charge is 2.21. The molecule has 17 heavy (non-hydrogen) atoms. The topological polar surface area (TPSA) is 35.8 Å². The van der Waals surface area contributed by atoms with Gasteiger partial charge in [0.2, 0.25) is 0 Å². The smallest absolute Gasteiger partial charge is 0.0641 e. The third-order valence-corrected chi connectivity index (χ3v) is 2.94. The van der Waals surface area contributed by atoms with Crippen LogP contribution in [0.1, 0.15) is 51.6 Å². The predicted molar refractivity (Wildman–Crippen MR) is 71.5 cm³/mol. The summed E-state index contributed by atoms with van der Waals surface area (Å²) in [4.78, 5) is 0. The molecular formula is C15H22N2. The Morgan fingerprint density at radius 2 is 1.94 bits per heavy atom. The van der Waals surface area contributed by atoms with E-state index >= 15 is 0 Å². The summed E-state index contributed by atoms with van der Waals surface area (Å²) in [5, 5.41) is 12.5. The first-order valence-corrected chi connectivity index (χ1v) is 6.28. The third-order valence-electron chi connectivity index (χ3n) is 2.94. The van der Waals surface area contributed by atoms with Gasteiger partial charge in [0.1, 0.15) is 0 Å². The summed E-state index contributed by atoms with van der Waals surface area (Å²) in [5.41, 5.74) is 1.27. The molecule has 0 spiro atoms. The normalized spacial score (nSPS) is 13.1. The summed E-state index contributed by atoms with van der Waals surface area (Å²) in [5.74, 6) is 0. The van der Waals surface area contributed by atoms with Gasteiger partial charge in [-0.15, -0.1) is 0 Å². The van der Waals surface area contributed by atoms with Gasteiger partial charge in [-0.2, -0.15) is 5.26 Å². The van der Waals surface area contributed by atoms with E-state index in [1.54, 1.807) is 0 Å². The van der Waals surface area contributed by atoms with Crippen LogP contribution in [0.15, 0.2) is 30.3 Å². The van der Waals surface area contributed by atoms with Crippen LogP contribution >= 0.6 is 0 Å². The van der Waals surface area contributed by atoms with Crippen LogP contribution in [-0.4, -0.2) is 5.54 Å². The van der Waals surface area contributed by atoms with Gasteiger partial charge in [0.15, 0.2) is 0 Å². The molecule has 1 rings (SSSR count). The van der Waals surface area contributed by atoms with Crippen LogP contribution in [0.25, 0.3) is 0 Å². The first-order valence-electron chi connectivity index (χ1n) is 6.28. The number of rotatable bonds is 6. The van der Waals surface area contributed by atoms with Crippen molar-refractivity contribution < 1.29 is 0 Å². The van der Waals surface area contributed by atoms with Crippen LogP contribution in [0, 0.1) is 11.3 Å². The molecular weight excluding hydrogens is 208 g/mol. The molecule has 1 aromatic rings. The van der Waals surface area contributed by atoms with Gasteiger partial charge in [-0.05, 0) is 25.8 Å². The maximum Gasteiger partial charge on any atom is 0.0641 e. The van der Waals surface area contributed by atoms with Crippen LogP contribution in [0.5, 0.6) is 0 Å². The largest absolute Gasteiger partial charge is 0.304 e.